The van der Waals surface area contributed by atoms with E-state index >= 15 is 0 Å². The fourth-order valence-electron chi connectivity index (χ4n) is 3.19. The molecule has 9 heteroatoms. The van der Waals surface area contributed by atoms with Gasteiger partial charge in [-0.05, 0) is 36.4 Å². The number of hydrogen-bond acceptors (Lipinski definition) is 7. The minimum absolute atomic E-state index is 0.00120. The fraction of sp³-hybridized carbons (Fsp3) is 0. The Kier molecular flexibility index (Phi) is 3.20. The van der Waals surface area contributed by atoms with Crippen molar-refractivity contribution in [2.45, 2.75) is 0 Å². The molecule has 1 aliphatic rings. The molecule has 0 saturated heterocycles. The summed E-state index contributed by atoms with van der Waals surface area (Å²) in [5.41, 5.74) is 7.69. The van der Waals surface area contributed by atoms with Crippen LogP contribution < -0.4 is 16.6 Å². The molecule has 3 N–H and O–H groups in total. The Morgan fingerprint density at radius 3 is 2.57 bits per heavy atom. The summed E-state index contributed by atoms with van der Waals surface area (Å²) in [6.45, 7) is 0. The minimum Gasteiger partial charge on any atom is -0.434 e. The van der Waals surface area contributed by atoms with E-state index in [-0.39, 0.29) is 16.9 Å². The van der Waals surface area contributed by atoms with Gasteiger partial charge in [0.1, 0.15) is 5.82 Å². The van der Waals surface area contributed by atoms with Crippen molar-refractivity contribution >= 4 is 28.9 Å². The monoisotopic (exact) mass is 373 g/mol. The summed E-state index contributed by atoms with van der Waals surface area (Å²) in [5.74, 6) is -0.957. The van der Waals surface area contributed by atoms with E-state index in [1.807, 2.05) is 0 Å². The second kappa shape index (κ2) is 5.61. The lowest BCUT2D eigenvalue weighted by molar-refractivity contribution is 0.0880. The van der Waals surface area contributed by atoms with Crippen LogP contribution >= 0.6 is 0 Å². The van der Waals surface area contributed by atoms with E-state index in [2.05, 4.69) is 15.3 Å². The number of hydrogen-bond donors (Lipinski definition) is 2. The molecule has 0 fully saturated rings. The van der Waals surface area contributed by atoms with Crippen LogP contribution in [0.1, 0.15) is 20.7 Å². The van der Waals surface area contributed by atoms with Gasteiger partial charge in [-0.25, -0.2) is 4.98 Å². The van der Waals surface area contributed by atoms with Gasteiger partial charge in [0.2, 0.25) is 5.89 Å². The van der Waals surface area contributed by atoms with Gasteiger partial charge in [0.05, 0.1) is 16.8 Å². The summed E-state index contributed by atoms with van der Waals surface area (Å²) in [7, 11) is 0. The number of nitrogens with two attached hydrogens (primary N) is 1. The average molecular weight is 373 g/mol. The maximum Gasteiger partial charge on any atom is 0.262 e. The molecule has 1 aliphatic heterocycles. The molecule has 0 saturated carbocycles. The highest BCUT2D eigenvalue weighted by Gasteiger charge is 2.31. The molecule has 5 rings (SSSR count). The maximum atomic E-state index is 12.5. The van der Waals surface area contributed by atoms with Crippen molar-refractivity contribution in [2.24, 2.45) is 0 Å². The molecule has 28 heavy (non-hydrogen) atoms. The molecular formula is C19H11N5O4. The lowest BCUT2D eigenvalue weighted by Gasteiger charge is -2.12. The van der Waals surface area contributed by atoms with Crippen LogP contribution in [-0.4, -0.2) is 26.3 Å². The van der Waals surface area contributed by atoms with Gasteiger partial charge in [-0.2, -0.15) is 4.98 Å². The van der Waals surface area contributed by atoms with Crippen molar-refractivity contribution < 1.29 is 14.0 Å². The number of rotatable bonds is 2. The zero-order valence-corrected chi connectivity index (χ0v) is 14.2. The summed E-state index contributed by atoms with van der Waals surface area (Å²) in [5, 5.41) is 2.14. The van der Waals surface area contributed by atoms with Crippen LogP contribution in [0.5, 0.6) is 0 Å². The first kappa shape index (κ1) is 15.9. The topological polar surface area (TPSA) is 133 Å². The summed E-state index contributed by atoms with van der Waals surface area (Å²) >= 11 is 0. The normalized spacial score (nSPS) is 13.0. The fourth-order valence-corrected chi connectivity index (χ4v) is 3.19. The van der Waals surface area contributed by atoms with Gasteiger partial charge < -0.3 is 10.2 Å². The van der Waals surface area contributed by atoms with Gasteiger partial charge in [-0.15, -0.1) is 0 Å². The lowest BCUT2D eigenvalue weighted by Crippen LogP contribution is -2.24. The summed E-state index contributed by atoms with van der Waals surface area (Å²) in [6.07, 6.45) is 1.63. The zero-order valence-electron chi connectivity index (χ0n) is 14.2. The molecule has 1 aromatic carbocycles. The third-order valence-corrected chi connectivity index (χ3v) is 4.49. The number of anilines is 1. The van der Waals surface area contributed by atoms with Gasteiger partial charge in [0.15, 0.2) is 11.2 Å². The number of oxazole rings is 1. The van der Waals surface area contributed by atoms with Crippen molar-refractivity contribution in [3.63, 3.8) is 0 Å². The van der Waals surface area contributed by atoms with Crippen LogP contribution in [0.4, 0.5) is 5.82 Å². The van der Waals surface area contributed by atoms with Crippen LogP contribution in [0.3, 0.4) is 0 Å². The number of aromatic nitrogens is 3. The van der Waals surface area contributed by atoms with E-state index in [9.17, 15) is 14.4 Å². The average Bonchev–Trinajstić information content (AvgIpc) is 3.23. The minimum atomic E-state index is -0.629. The Labute approximate surface area is 156 Å². The Morgan fingerprint density at radius 1 is 1.04 bits per heavy atom. The zero-order chi connectivity index (χ0) is 19.4. The predicted octanol–water partition coefficient (Wildman–Crippen LogP) is 1.51. The molecule has 136 valence electrons. The Balaban J connectivity index is 1.60. The Bertz CT molecular complexity index is 1320. The SMILES string of the molecule is Nc1c2c(cc(=O)n1-c1ccc(-c3nc4ncccc4o3)cc1)C(=O)NC2=O. The number of nitrogen functional groups attached to an aromatic ring is 1. The molecule has 0 bridgehead atoms. The molecule has 2 amide bonds. The summed E-state index contributed by atoms with van der Waals surface area (Å²) in [4.78, 5) is 44.6. The number of fused-ring (bicyclic) bond motifs is 2. The summed E-state index contributed by atoms with van der Waals surface area (Å²) < 4.78 is 6.85. The van der Waals surface area contributed by atoms with Gasteiger partial charge in [-0.3, -0.25) is 24.3 Å². The Hall–Kier alpha value is -4.27. The molecular weight excluding hydrogens is 362 g/mol. The van der Waals surface area contributed by atoms with Crippen molar-refractivity contribution in [1.82, 2.24) is 19.9 Å². The highest BCUT2D eigenvalue weighted by molar-refractivity contribution is 6.23. The lowest BCUT2D eigenvalue weighted by atomic mass is 10.1. The molecule has 9 nitrogen and oxygen atoms in total. The highest BCUT2D eigenvalue weighted by atomic mass is 16.3. The van der Waals surface area contributed by atoms with E-state index in [4.69, 9.17) is 10.2 Å². The molecule has 0 atom stereocenters. The predicted molar refractivity (Wildman–Crippen MR) is 99.0 cm³/mol. The van der Waals surface area contributed by atoms with Crippen LogP contribution in [0.25, 0.3) is 28.4 Å². The van der Waals surface area contributed by atoms with E-state index in [0.29, 0.717) is 28.4 Å². The van der Waals surface area contributed by atoms with Crippen molar-refractivity contribution in [1.29, 1.82) is 0 Å². The second-order valence-electron chi connectivity index (χ2n) is 6.17. The van der Waals surface area contributed by atoms with Crippen LogP contribution in [-0.2, 0) is 0 Å². The van der Waals surface area contributed by atoms with E-state index < -0.39 is 17.4 Å². The molecule has 0 radical (unpaired) electrons. The third kappa shape index (κ3) is 2.23. The number of pyridine rings is 2. The van der Waals surface area contributed by atoms with Gasteiger partial charge in [0.25, 0.3) is 17.4 Å². The second-order valence-corrected chi connectivity index (χ2v) is 6.17. The first-order valence-electron chi connectivity index (χ1n) is 8.26. The van der Waals surface area contributed by atoms with Crippen molar-refractivity contribution in [3.05, 3.63) is 70.1 Å². The largest absolute Gasteiger partial charge is 0.434 e. The smallest absolute Gasteiger partial charge is 0.262 e. The maximum absolute atomic E-state index is 12.5. The molecule has 3 aromatic heterocycles. The number of carbonyl (C=O) groups excluding carboxylic acids is 2. The van der Waals surface area contributed by atoms with E-state index in [0.717, 1.165) is 6.07 Å². The van der Waals surface area contributed by atoms with Crippen molar-refractivity contribution in [3.8, 4) is 17.1 Å². The third-order valence-electron chi connectivity index (χ3n) is 4.49. The standard InChI is InChI=1S/C19H11N5O4/c20-15-14-11(17(26)23-18(14)27)8-13(25)24(15)10-5-3-9(4-6-10)19-22-16-12(28-19)2-1-7-21-16/h1-8H,20H2,(H,23,26,27). The van der Waals surface area contributed by atoms with Crippen LogP contribution in [0, 0.1) is 0 Å². The number of nitrogens with zero attached hydrogens (tertiary/aromatic N) is 3. The van der Waals surface area contributed by atoms with Gasteiger partial charge in [-0.1, -0.05) is 0 Å². The molecule has 0 spiro atoms. The number of amides is 2. The molecule has 4 heterocycles. The Morgan fingerprint density at radius 2 is 1.82 bits per heavy atom. The number of benzene rings is 1. The quantitative estimate of drug-likeness (QED) is 0.509. The molecule has 4 aromatic rings. The van der Waals surface area contributed by atoms with E-state index in [1.165, 1.54) is 4.57 Å². The van der Waals surface area contributed by atoms with Gasteiger partial charge in [0, 0.05) is 17.8 Å². The first-order valence-corrected chi connectivity index (χ1v) is 8.26. The van der Waals surface area contributed by atoms with Crippen LogP contribution in [0.2, 0.25) is 0 Å². The van der Waals surface area contributed by atoms with E-state index in [1.54, 1.807) is 42.6 Å². The first-order chi connectivity index (χ1) is 13.5. The van der Waals surface area contributed by atoms with Gasteiger partial charge >= 0.3 is 0 Å². The molecule has 0 unspecified atom stereocenters. The molecule has 0 aliphatic carbocycles. The highest BCUT2D eigenvalue weighted by Crippen LogP contribution is 2.26. The number of nitrogens with one attached hydrogen (secondary N) is 1. The summed E-state index contributed by atoms with van der Waals surface area (Å²) in [6, 6.07) is 11.3. The van der Waals surface area contributed by atoms with Crippen LogP contribution in [0.15, 0.2) is 57.9 Å². The number of imide groups is 1. The van der Waals surface area contributed by atoms with Crippen molar-refractivity contribution in [2.75, 3.05) is 5.73 Å². The number of carbonyl (C=O) groups is 2.